The third-order valence-corrected chi connectivity index (χ3v) is 2.67. The first-order valence-corrected chi connectivity index (χ1v) is 6.24. The number of rotatable bonds is 8. The molecule has 0 aromatic rings. The predicted octanol–water partition coefficient (Wildman–Crippen LogP) is -2.21. The van der Waals surface area contributed by atoms with E-state index >= 15 is 0 Å². The number of carboxylic acids is 2. The van der Waals surface area contributed by atoms with Crippen molar-refractivity contribution in [2.45, 2.75) is 31.5 Å². The summed E-state index contributed by atoms with van der Waals surface area (Å²) in [7, 11) is 0. The maximum atomic E-state index is 11.6. The molecule has 0 rings (SSSR count). The van der Waals surface area contributed by atoms with E-state index in [2.05, 4.69) is 17.9 Å². The molecule has 0 aliphatic rings. The first-order chi connectivity index (χ1) is 9.18. The van der Waals surface area contributed by atoms with Crippen LogP contribution >= 0.6 is 12.6 Å². The van der Waals surface area contributed by atoms with Gasteiger partial charge in [0.05, 0.1) is 12.5 Å². The van der Waals surface area contributed by atoms with Gasteiger partial charge in [-0.15, -0.1) is 0 Å². The van der Waals surface area contributed by atoms with Crippen molar-refractivity contribution in [3.05, 3.63) is 0 Å². The van der Waals surface area contributed by atoms with Crippen LogP contribution in [0.3, 0.4) is 0 Å². The quantitative estimate of drug-likeness (QED) is 0.277. The Morgan fingerprint density at radius 3 is 2.10 bits per heavy atom. The molecule has 0 aliphatic heterocycles. The summed E-state index contributed by atoms with van der Waals surface area (Å²) in [5, 5.41) is 21.6. The predicted molar refractivity (Wildman–Crippen MR) is 71.3 cm³/mol. The summed E-state index contributed by atoms with van der Waals surface area (Å²) >= 11 is 3.82. The van der Waals surface area contributed by atoms with Crippen LogP contribution in [0.2, 0.25) is 0 Å². The van der Waals surface area contributed by atoms with Crippen LogP contribution in [-0.2, 0) is 19.2 Å². The van der Waals surface area contributed by atoms with Crippen LogP contribution in [0.1, 0.15) is 13.3 Å². The second-order valence-corrected chi connectivity index (χ2v) is 4.38. The van der Waals surface area contributed by atoms with E-state index in [1.807, 2.05) is 5.32 Å². The van der Waals surface area contributed by atoms with Gasteiger partial charge in [0.1, 0.15) is 12.1 Å². The maximum Gasteiger partial charge on any atom is 0.326 e. The molecule has 0 saturated heterocycles. The van der Waals surface area contributed by atoms with Crippen LogP contribution in [0.25, 0.3) is 0 Å². The molecule has 0 aromatic heterocycles. The average Bonchev–Trinajstić information content (AvgIpc) is 2.35. The molecule has 20 heavy (non-hydrogen) atoms. The molecule has 9 nitrogen and oxygen atoms in total. The zero-order valence-corrected chi connectivity index (χ0v) is 11.6. The second kappa shape index (κ2) is 8.38. The number of carbonyl (C=O) groups excluding carboxylic acids is 2. The van der Waals surface area contributed by atoms with Crippen LogP contribution in [0.5, 0.6) is 0 Å². The smallest absolute Gasteiger partial charge is 0.326 e. The fourth-order valence-corrected chi connectivity index (χ4v) is 1.31. The molecule has 0 spiro atoms. The van der Waals surface area contributed by atoms with Gasteiger partial charge in [-0.25, -0.2) is 4.79 Å². The molecule has 0 saturated carbocycles. The zero-order valence-electron chi connectivity index (χ0n) is 10.7. The number of carbonyl (C=O) groups is 4. The van der Waals surface area contributed by atoms with Gasteiger partial charge in [0.25, 0.3) is 0 Å². The molecular weight excluding hydrogens is 290 g/mol. The third kappa shape index (κ3) is 6.38. The Kier molecular flexibility index (Phi) is 7.62. The van der Waals surface area contributed by atoms with Crippen LogP contribution in [0.4, 0.5) is 0 Å². The number of carboxylic acid groups (broad SMARTS) is 2. The Balaban J connectivity index is 4.53. The molecule has 114 valence electrons. The van der Waals surface area contributed by atoms with Crippen molar-refractivity contribution >= 4 is 36.4 Å². The van der Waals surface area contributed by atoms with Gasteiger partial charge in [-0.3, -0.25) is 14.4 Å². The summed E-state index contributed by atoms with van der Waals surface area (Å²) in [4.78, 5) is 44.3. The fourth-order valence-electron chi connectivity index (χ4n) is 1.14. The number of hydrogen-bond donors (Lipinski definition) is 6. The van der Waals surface area contributed by atoms with Crippen molar-refractivity contribution in [3.63, 3.8) is 0 Å². The summed E-state index contributed by atoms with van der Waals surface area (Å²) in [6.07, 6.45) is -0.766. The molecule has 10 heteroatoms. The van der Waals surface area contributed by atoms with Crippen molar-refractivity contribution in [2.75, 3.05) is 5.75 Å². The van der Waals surface area contributed by atoms with Gasteiger partial charge in [0, 0.05) is 5.75 Å². The maximum absolute atomic E-state index is 11.6. The molecule has 0 radical (unpaired) electrons. The van der Waals surface area contributed by atoms with Crippen LogP contribution < -0.4 is 16.4 Å². The van der Waals surface area contributed by atoms with Crippen molar-refractivity contribution in [1.29, 1.82) is 0 Å². The Labute approximate surface area is 120 Å². The van der Waals surface area contributed by atoms with Gasteiger partial charge in [-0.1, -0.05) is 0 Å². The lowest BCUT2D eigenvalue weighted by atomic mass is 10.2. The van der Waals surface area contributed by atoms with Gasteiger partial charge in [0.15, 0.2) is 0 Å². The molecule has 0 aromatic carbocycles. The third-order valence-electron chi connectivity index (χ3n) is 2.28. The number of amides is 2. The van der Waals surface area contributed by atoms with E-state index in [4.69, 9.17) is 15.9 Å². The van der Waals surface area contributed by atoms with Crippen molar-refractivity contribution in [2.24, 2.45) is 5.73 Å². The molecule has 0 aliphatic carbocycles. The Bertz CT molecular complexity index is 402. The van der Waals surface area contributed by atoms with Crippen molar-refractivity contribution in [3.8, 4) is 0 Å². The van der Waals surface area contributed by atoms with Crippen LogP contribution in [-0.4, -0.2) is 57.8 Å². The van der Waals surface area contributed by atoms with Gasteiger partial charge in [0.2, 0.25) is 11.8 Å². The molecule has 3 atom stereocenters. The minimum Gasteiger partial charge on any atom is -0.481 e. The van der Waals surface area contributed by atoms with Crippen molar-refractivity contribution in [1.82, 2.24) is 10.6 Å². The van der Waals surface area contributed by atoms with Crippen LogP contribution in [0.15, 0.2) is 0 Å². The molecule has 0 bridgehead atoms. The van der Waals surface area contributed by atoms with Crippen molar-refractivity contribution < 1.29 is 29.4 Å². The number of aliphatic carboxylic acids is 2. The first-order valence-electron chi connectivity index (χ1n) is 5.60. The summed E-state index contributed by atoms with van der Waals surface area (Å²) in [6.45, 7) is 1.32. The molecular formula is C10H17N3O6S. The Morgan fingerprint density at radius 1 is 1.15 bits per heavy atom. The highest BCUT2D eigenvalue weighted by Gasteiger charge is 2.26. The SMILES string of the molecule is C[C@H](NC(=O)[C@@H](N)CS)C(=O)N[C@@H](CC(=O)O)C(=O)O. The van der Waals surface area contributed by atoms with Gasteiger partial charge < -0.3 is 26.6 Å². The van der Waals surface area contributed by atoms with E-state index in [1.165, 1.54) is 6.92 Å². The standard InChI is InChI=1S/C10H17N3O6S/c1-4(12-9(17)5(11)3-20)8(16)13-6(10(18)19)2-7(14)15/h4-6,20H,2-3,11H2,1H3,(H,12,17)(H,13,16)(H,14,15)(H,18,19)/t4-,5-,6-/m0/s1. The van der Waals surface area contributed by atoms with Crippen LogP contribution in [0, 0.1) is 0 Å². The summed E-state index contributed by atoms with van der Waals surface area (Å²) < 4.78 is 0. The first kappa shape index (κ1) is 18.2. The van der Waals surface area contributed by atoms with Gasteiger partial charge in [-0.2, -0.15) is 12.6 Å². The fraction of sp³-hybridized carbons (Fsp3) is 0.600. The van der Waals surface area contributed by atoms with E-state index in [0.717, 1.165) is 0 Å². The van der Waals surface area contributed by atoms with E-state index in [1.54, 1.807) is 0 Å². The highest BCUT2D eigenvalue weighted by molar-refractivity contribution is 7.80. The van der Waals surface area contributed by atoms with E-state index in [0.29, 0.717) is 0 Å². The lowest BCUT2D eigenvalue weighted by molar-refractivity contribution is -0.147. The average molecular weight is 307 g/mol. The highest BCUT2D eigenvalue weighted by Crippen LogP contribution is 1.95. The number of nitrogens with one attached hydrogen (secondary N) is 2. The minimum absolute atomic E-state index is 0.0803. The number of hydrogen-bond acceptors (Lipinski definition) is 6. The van der Waals surface area contributed by atoms with E-state index in [-0.39, 0.29) is 5.75 Å². The van der Waals surface area contributed by atoms with E-state index < -0.39 is 48.3 Å². The van der Waals surface area contributed by atoms with Gasteiger partial charge >= 0.3 is 11.9 Å². The Morgan fingerprint density at radius 2 is 1.70 bits per heavy atom. The molecule has 0 unspecified atom stereocenters. The molecule has 2 amide bonds. The van der Waals surface area contributed by atoms with Gasteiger partial charge in [-0.05, 0) is 6.92 Å². The number of nitrogens with two attached hydrogens (primary N) is 1. The zero-order chi connectivity index (χ0) is 15.9. The second-order valence-electron chi connectivity index (χ2n) is 4.02. The number of thiol groups is 1. The lowest BCUT2D eigenvalue weighted by Crippen LogP contribution is -2.53. The largest absolute Gasteiger partial charge is 0.481 e. The molecule has 0 fully saturated rings. The lowest BCUT2D eigenvalue weighted by Gasteiger charge is -2.19. The monoisotopic (exact) mass is 307 g/mol. The topological polar surface area (TPSA) is 159 Å². The summed E-state index contributed by atoms with van der Waals surface area (Å²) in [5.41, 5.74) is 5.39. The highest BCUT2D eigenvalue weighted by atomic mass is 32.1. The Hall–Kier alpha value is -1.81. The normalized spacial score (nSPS) is 14.8. The summed E-state index contributed by atoms with van der Waals surface area (Å²) in [6, 6.07) is -3.52. The summed E-state index contributed by atoms with van der Waals surface area (Å²) in [5.74, 6) is -4.21. The molecule has 6 N–H and O–H groups in total. The van der Waals surface area contributed by atoms with E-state index in [9.17, 15) is 19.2 Å². The molecule has 0 heterocycles. The minimum atomic E-state index is -1.57.